The molecule has 4 rings (SSSR count). The molecule has 0 radical (unpaired) electrons. The number of hydrogen-bond acceptors (Lipinski definition) is 6. The van der Waals surface area contributed by atoms with E-state index >= 15 is 0 Å². The summed E-state index contributed by atoms with van der Waals surface area (Å²) < 4.78 is 33.3. The second kappa shape index (κ2) is 9.68. The smallest absolute Gasteiger partial charge is 0.265 e. The maximum atomic E-state index is 13.3. The van der Waals surface area contributed by atoms with Gasteiger partial charge in [-0.25, -0.2) is 8.42 Å². The number of nitrogens with zero attached hydrogens (tertiary/aromatic N) is 3. The molecule has 31 heavy (non-hydrogen) atoms. The first-order valence-corrected chi connectivity index (χ1v) is 13.0. The number of carbonyl (C=O) groups is 1. The van der Waals surface area contributed by atoms with Gasteiger partial charge in [0.05, 0.1) is 13.2 Å². The fraction of sp³-hybridized carbons (Fsp3) is 0.500. The minimum Gasteiger partial charge on any atom is -0.378 e. The summed E-state index contributed by atoms with van der Waals surface area (Å²) in [6, 6.07) is 9.62. The van der Waals surface area contributed by atoms with E-state index in [4.69, 9.17) is 4.74 Å². The molecule has 2 aromatic rings. The van der Waals surface area contributed by atoms with E-state index in [0.717, 1.165) is 43.6 Å². The van der Waals surface area contributed by atoms with Crippen LogP contribution in [0, 0.1) is 0 Å². The van der Waals surface area contributed by atoms with Gasteiger partial charge in [0, 0.05) is 45.5 Å². The van der Waals surface area contributed by atoms with E-state index < -0.39 is 10.0 Å². The lowest BCUT2D eigenvalue weighted by Gasteiger charge is -2.31. The molecule has 168 valence electrons. The van der Waals surface area contributed by atoms with Gasteiger partial charge in [-0.1, -0.05) is 24.6 Å². The number of sulfonamides is 1. The van der Waals surface area contributed by atoms with E-state index in [1.165, 1.54) is 15.6 Å². The second-order valence-corrected chi connectivity index (χ2v) is 10.8. The molecular formula is C22H29N3O4S2. The van der Waals surface area contributed by atoms with Gasteiger partial charge in [-0.15, -0.1) is 11.3 Å². The number of anilines is 1. The summed E-state index contributed by atoms with van der Waals surface area (Å²) in [6.07, 6.45) is 2.78. The van der Waals surface area contributed by atoms with Crippen molar-refractivity contribution in [2.75, 3.05) is 51.3 Å². The number of thiophene rings is 1. The largest absolute Gasteiger partial charge is 0.378 e. The normalized spacial score (nSPS) is 18.2. The van der Waals surface area contributed by atoms with E-state index in [1.807, 2.05) is 18.2 Å². The first-order valence-electron chi connectivity index (χ1n) is 10.7. The topological polar surface area (TPSA) is 70.2 Å². The Morgan fingerprint density at radius 3 is 2.52 bits per heavy atom. The molecule has 1 aromatic carbocycles. The highest BCUT2D eigenvalue weighted by Crippen LogP contribution is 2.29. The number of rotatable bonds is 6. The highest BCUT2D eigenvalue weighted by molar-refractivity contribution is 7.89. The number of ether oxygens (including phenoxy) is 1. The average Bonchev–Trinajstić information content (AvgIpc) is 3.31. The Morgan fingerprint density at radius 1 is 1.06 bits per heavy atom. The van der Waals surface area contributed by atoms with Crippen LogP contribution in [0.25, 0.3) is 0 Å². The molecule has 9 heteroatoms. The van der Waals surface area contributed by atoms with Gasteiger partial charge >= 0.3 is 0 Å². The molecule has 2 aliphatic rings. The van der Waals surface area contributed by atoms with E-state index in [9.17, 15) is 13.2 Å². The fourth-order valence-electron chi connectivity index (χ4n) is 4.16. The maximum absolute atomic E-state index is 13.3. The average molecular weight is 464 g/mol. The van der Waals surface area contributed by atoms with Gasteiger partial charge in [0.25, 0.3) is 5.91 Å². The fourth-order valence-corrected chi connectivity index (χ4v) is 7.06. The van der Waals surface area contributed by atoms with Gasteiger partial charge in [-0.3, -0.25) is 4.79 Å². The molecule has 3 heterocycles. The van der Waals surface area contributed by atoms with Crippen LogP contribution in [0.4, 0.5) is 5.69 Å². The molecule has 7 nitrogen and oxygen atoms in total. The molecule has 2 aliphatic heterocycles. The van der Waals surface area contributed by atoms with Crippen molar-refractivity contribution in [3.8, 4) is 0 Å². The molecule has 0 saturated carbocycles. The highest BCUT2D eigenvalue weighted by Gasteiger charge is 2.32. The number of hydrogen-bond donors (Lipinski definition) is 0. The molecule has 0 bridgehead atoms. The SMILES string of the molecule is CN(Cc1ccccc1N1CCOCC1)C(=O)c1sccc1S(=O)(=O)N1CCCCC1. The lowest BCUT2D eigenvalue weighted by Crippen LogP contribution is -2.37. The molecule has 0 N–H and O–H groups in total. The maximum Gasteiger partial charge on any atom is 0.265 e. The van der Waals surface area contributed by atoms with Gasteiger partial charge < -0.3 is 14.5 Å². The van der Waals surface area contributed by atoms with Crippen molar-refractivity contribution in [1.29, 1.82) is 0 Å². The third-order valence-corrected chi connectivity index (χ3v) is 8.83. The van der Waals surface area contributed by atoms with E-state index in [1.54, 1.807) is 23.4 Å². The number of para-hydroxylation sites is 1. The second-order valence-electron chi connectivity index (χ2n) is 7.97. The van der Waals surface area contributed by atoms with Crippen molar-refractivity contribution in [2.45, 2.75) is 30.7 Å². The van der Waals surface area contributed by atoms with E-state index in [2.05, 4.69) is 11.0 Å². The molecule has 1 aromatic heterocycles. The molecule has 0 aliphatic carbocycles. The Hall–Kier alpha value is -1.94. The lowest BCUT2D eigenvalue weighted by atomic mass is 10.1. The number of piperidine rings is 1. The molecule has 0 spiro atoms. The van der Waals surface area contributed by atoms with Crippen molar-refractivity contribution in [1.82, 2.24) is 9.21 Å². The van der Waals surface area contributed by atoms with Crippen molar-refractivity contribution < 1.29 is 17.9 Å². The Kier molecular flexibility index (Phi) is 6.95. The number of carbonyl (C=O) groups excluding carboxylic acids is 1. The third-order valence-electron chi connectivity index (χ3n) is 5.85. The van der Waals surface area contributed by atoms with Crippen LogP contribution in [0.2, 0.25) is 0 Å². The van der Waals surface area contributed by atoms with E-state index in [-0.39, 0.29) is 15.7 Å². The first-order chi connectivity index (χ1) is 15.0. The zero-order valence-corrected chi connectivity index (χ0v) is 19.5. The van der Waals surface area contributed by atoms with Gasteiger partial charge in [0.15, 0.2) is 0 Å². The van der Waals surface area contributed by atoms with Crippen LogP contribution in [-0.2, 0) is 21.3 Å². The van der Waals surface area contributed by atoms with Crippen LogP contribution < -0.4 is 4.90 Å². The van der Waals surface area contributed by atoms with E-state index in [0.29, 0.717) is 32.8 Å². The Balaban J connectivity index is 1.53. The number of benzene rings is 1. The zero-order chi connectivity index (χ0) is 21.8. The van der Waals surface area contributed by atoms with Crippen LogP contribution in [0.15, 0.2) is 40.6 Å². The minimum absolute atomic E-state index is 0.137. The molecular weight excluding hydrogens is 434 g/mol. The molecule has 2 saturated heterocycles. The zero-order valence-electron chi connectivity index (χ0n) is 17.8. The van der Waals surface area contributed by atoms with Gasteiger partial charge in [0.2, 0.25) is 10.0 Å². The highest BCUT2D eigenvalue weighted by atomic mass is 32.2. The van der Waals surface area contributed by atoms with Gasteiger partial charge in [-0.2, -0.15) is 4.31 Å². The minimum atomic E-state index is -3.65. The summed E-state index contributed by atoms with van der Waals surface area (Å²) in [6.45, 7) is 4.47. The predicted octanol–water partition coefficient (Wildman–Crippen LogP) is 3.03. The monoisotopic (exact) mass is 463 g/mol. The van der Waals surface area contributed by atoms with Crippen LogP contribution in [0.1, 0.15) is 34.5 Å². The van der Waals surface area contributed by atoms with Crippen LogP contribution in [-0.4, -0.2) is 70.0 Å². The summed E-state index contributed by atoms with van der Waals surface area (Å²) >= 11 is 1.20. The summed E-state index contributed by atoms with van der Waals surface area (Å²) in [5, 5.41) is 1.69. The van der Waals surface area contributed by atoms with Gasteiger partial charge in [0.1, 0.15) is 9.77 Å². The van der Waals surface area contributed by atoms with Crippen molar-refractivity contribution in [2.24, 2.45) is 0 Å². The number of amides is 1. The summed E-state index contributed by atoms with van der Waals surface area (Å²) in [4.78, 5) is 17.6. The Labute approximate surface area is 188 Å². The molecule has 0 unspecified atom stereocenters. The lowest BCUT2D eigenvalue weighted by molar-refractivity contribution is 0.0786. The predicted molar refractivity (Wildman–Crippen MR) is 122 cm³/mol. The van der Waals surface area contributed by atoms with Crippen LogP contribution >= 0.6 is 11.3 Å². The van der Waals surface area contributed by atoms with Gasteiger partial charge in [-0.05, 0) is 35.9 Å². The molecule has 2 fully saturated rings. The van der Waals surface area contributed by atoms with Crippen LogP contribution in [0.5, 0.6) is 0 Å². The molecule has 1 amide bonds. The molecule has 0 atom stereocenters. The van der Waals surface area contributed by atoms with Crippen molar-refractivity contribution in [3.63, 3.8) is 0 Å². The Bertz CT molecular complexity index is 1010. The summed E-state index contributed by atoms with van der Waals surface area (Å²) in [5.41, 5.74) is 2.13. The summed E-state index contributed by atoms with van der Waals surface area (Å²) in [7, 11) is -1.92. The third kappa shape index (κ3) is 4.79. The Morgan fingerprint density at radius 2 is 1.77 bits per heavy atom. The van der Waals surface area contributed by atoms with Crippen molar-refractivity contribution >= 4 is 33.0 Å². The van der Waals surface area contributed by atoms with Crippen LogP contribution in [0.3, 0.4) is 0 Å². The number of morpholine rings is 1. The standard InChI is InChI=1S/C22H29N3O4S2/c1-23(17-18-7-3-4-8-19(18)24-12-14-29-15-13-24)22(26)21-20(9-16-30-21)31(27,28)25-10-5-2-6-11-25/h3-4,7-9,16H,2,5-6,10-15,17H2,1H3. The summed E-state index contributed by atoms with van der Waals surface area (Å²) in [5.74, 6) is -0.262. The quantitative estimate of drug-likeness (QED) is 0.659. The van der Waals surface area contributed by atoms with Crippen molar-refractivity contribution in [3.05, 3.63) is 46.2 Å². The first kappa shape index (κ1) is 22.3.